The Labute approximate surface area is 334 Å². The molecule has 1 heterocycles. The zero-order valence-electron chi connectivity index (χ0n) is 35.7. The second kappa shape index (κ2) is 11.7. The summed E-state index contributed by atoms with van der Waals surface area (Å²) in [4.78, 5) is 2.49. The van der Waals surface area contributed by atoms with Crippen molar-refractivity contribution < 1.29 is 4.42 Å². The first kappa shape index (κ1) is 36.6. The van der Waals surface area contributed by atoms with Crippen LogP contribution < -0.4 is 4.90 Å². The lowest BCUT2D eigenvalue weighted by atomic mass is 9.79. The van der Waals surface area contributed by atoms with Gasteiger partial charge in [-0.1, -0.05) is 151 Å². The topological polar surface area (TPSA) is 16.4 Å². The third-order valence-electron chi connectivity index (χ3n) is 13.1. The van der Waals surface area contributed by atoms with E-state index in [2.05, 4.69) is 204 Å². The third-order valence-corrected chi connectivity index (χ3v) is 13.1. The molecule has 2 aliphatic carbocycles. The van der Waals surface area contributed by atoms with Crippen molar-refractivity contribution in [1.29, 1.82) is 0 Å². The van der Waals surface area contributed by atoms with Crippen LogP contribution in [0.25, 0.3) is 44.2 Å². The van der Waals surface area contributed by atoms with E-state index in [4.69, 9.17) is 4.42 Å². The van der Waals surface area contributed by atoms with Crippen LogP contribution in [0.4, 0.5) is 17.1 Å². The summed E-state index contributed by atoms with van der Waals surface area (Å²) in [6, 6.07) is 41.7. The minimum absolute atomic E-state index is 0.00474. The van der Waals surface area contributed by atoms with E-state index in [1.807, 2.05) is 0 Å². The van der Waals surface area contributed by atoms with Crippen LogP contribution in [-0.2, 0) is 27.1 Å². The van der Waals surface area contributed by atoms with Gasteiger partial charge < -0.3 is 9.32 Å². The second-order valence-electron chi connectivity index (χ2n) is 20.7. The van der Waals surface area contributed by atoms with E-state index in [9.17, 15) is 0 Å². The maximum absolute atomic E-state index is 6.74. The molecule has 0 aliphatic heterocycles. The largest absolute Gasteiger partial charge is 0.456 e. The van der Waals surface area contributed by atoms with E-state index < -0.39 is 0 Å². The maximum atomic E-state index is 6.74. The lowest BCUT2D eigenvalue weighted by molar-refractivity contribution is 0.569. The predicted molar refractivity (Wildman–Crippen MR) is 240 cm³/mol. The first-order chi connectivity index (χ1) is 26.2. The van der Waals surface area contributed by atoms with E-state index in [-0.39, 0.29) is 27.1 Å². The number of hydrogen-bond acceptors (Lipinski definition) is 2. The minimum atomic E-state index is -0.147. The number of benzene rings is 6. The fraction of sp³-hybridized carbons (Fsp3) is 0.333. The van der Waals surface area contributed by atoms with Gasteiger partial charge in [-0.2, -0.15) is 0 Å². The molecule has 0 bridgehead atoms. The molecule has 0 atom stereocenters. The Hall–Kier alpha value is -5.08. The Morgan fingerprint density at radius 2 is 1.00 bits per heavy atom. The molecule has 0 N–H and O–H groups in total. The summed E-state index contributed by atoms with van der Waals surface area (Å²) in [5.74, 6) is 0. The summed E-state index contributed by atoms with van der Waals surface area (Å²) in [7, 11) is 0. The van der Waals surface area contributed by atoms with Gasteiger partial charge in [0, 0.05) is 38.7 Å². The SMILES string of the molecule is CC(C)(C)c1cc(C(C)(C)C)c2c(c1)oc1ccc(N(c3ccc4c(c3)C(C)(C)c3ccccc3-4)c3ccc4c(c3)C(C)(C)c3cccc(C(C)(C)C)c3-4)cc12. The zero-order chi connectivity index (χ0) is 39.9. The third kappa shape index (κ3) is 5.35. The van der Waals surface area contributed by atoms with Gasteiger partial charge in [-0.05, 0) is 126 Å². The van der Waals surface area contributed by atoms with Crippen LogP contribution in [-0.4, -0.2) is 0 Å². The van der Waals surface area contributed by atoms with Crippen LogP contribution in [0.3, 0.4) is 0 Å². The average molecular weight is 736 g/mol. The number of anilines is 3. The van der Waals surface area contributed by atoms with Crippen molar-refractivity contribution in [3.8, 4) is 22.3 Å². The van der Waals surface area contributed by atoms with Gasteiger partial charge in [0.2, 0.25) is 0 Å². The summed E-state index contributed by atoms with van der Waals surface area (Å²) in [6.45, 7) is 30.4. The van der Waals surface area contributed by atoms with E-state index >= 15 is 0 Å². The van der Waals surface area contributed by atoms with E-state index in [0.717, 1.165) is 33.6 Å². The molecule has 2 heteroatoms. The highest BCUT2D eigenvalue weighted by molar-refractivity contribution is 6.09. The van der Waals surface area contributed by atoms with Gasteiger partial charge >= 0.3 is 0 Å². The summed E-state index contributed by atoms with van der Waals surface area (Å²) < 4.78 is 6.74. The maximum Gasteiger partial charge on any atom is 0.136 e. The van der Waals surface area contributed by atoms with Crippen molar-refractivity contribution in [2.24, 2.45) is 0 Å². The van der Waals surface area contributed by atoms with Crippen LogP contribution >= 0.6 is 0 Å². The van der Waals surface area contributed by atoms with Crippen molar-refractivity contribution in [3.05, 3.63) is 148 Å². The Morgan fingerprint density at radius 3 is 1.66 bits per heavy atom. The smallest absolute Gasteiger partial charge is 0.136 e. The molecule has 56 heavy (non-hydrogen) atoms. The molecular weight excluding hydrogens is 679 g/mol. The van der Waals surface area contributed by atoms with Crippen LogP contribution in [0.1, 0.15) is 129 Å². The molecular formula is C54H57NO. The van der Waals surface area contributed by atoms with Crippen molar-refractivity contribution in [2.75, 3.05) is 4.90 Å². The molecule has 0 saturated carbocycles. The number of furan rings is 1. The monoisotopic (exact) mass is 735 g/mol. The van der Waals surface area contributed by atoms with Gasteiger partial charge in [0.15, 0.2) is 0 Å². The lowest BCUT2D eigenvalue weighted by Crippen LogP contribution is -2.18. The normalized spacial score (nSPS) is 15.5. The van der Waals surface area contributed by atoms with E-state index in [0.29, 0.717) is 0 Å². The number of hydrogen-bond donors (Lipinski definition) is 0. The highest BCUT2D eigenvalue weighted by atomic mass is 16.3. The molecule has 2 aliphatic rings. The Bertz CT molecular complexity index is 2750. The predicted octanol–water partition coefficient (Wildman–Crippen LogP) is 15.6. The number of fused-ring (bicyclic) bond motifs is 9. The van der Waals surface area contributed by atoms with Crippen molar-refractivity contribution in [2.45, 2.75) is 117 Å². The van der Waals surface area contributed by atoms with Crippen LogP contribution in [0.5, 0.6) is 0 Å². The second-order valence-corrected chi connectivity index (χ2v) is 20.7. The van der Waals surface area contributed by atoms with Gasteiger partial charge in [-0.3, -0.25) is 0 Å². The molecule has 1 aromatic heterocycles. The van der Waals surface area contributed by atoms with Gasteiger partial charge in [0.05, 0.1) is 0 Å². The number of rotatable bonds is 3. The minimum Gasteiger partial charge on any atom is -0.456 e. The standard InChI is InChI=1S/C54H57NO/c1-50(2,3)32-27-45(52(7,8)9)49-39-29-33(23-26-46(39)56-47(49)28-32)55(34-21-24-37-36-17-14-15-18-40(36)53(10,11)43(37)30-34)35-22-25-38-44(31-35)54(12,13)42-20-16-19-41(48(38)42)51(4,5)6/h14-31H,1-13H3. The Kier molecular flexibility index (Phi) is 7.66. The summed E-state index contributed by atoms with van der Waals surface area (Å²) in [5.41, 5.74) is 20.0. The molecule has 0 spiro atoms. The molecule has 0 amide bonds. The van der Waals surface area contributed by atoms with Gasteiger partial charge in [0.25, 0.3) is 0 Å². The van der Waals surface area contributed by atoms with Crippen LogP contribution in [0.2, 0.25) is 0 Å². The van der Waals surface area contributed by atoms with E-state index in [1.165, 1.54) is 66.6 Å². The fourth-order valence-corrected chi connectivity index (χ4v) is 9.88. The molecule has 9 rings (SSSR count). The first-order valence-corrected chi connectivity index (χ1v) is 20.5. The highest BCUT2D eigenvalue weighted by Crippen LogP contribution is 2.55. The van der Waals surface area contributed by atoms with Crippen LogP contribution in [0, 0.1) is 0 Å². The summed E-state index contributed by atoms with van der Waals surface area (Å²) in [6.07, 6.45) is 0. The Morgan fingerprint density at radius 1 is 0.446 bits per heavy atom. The highest BCUT2D eigenvalue weighted by Gasteiger charge is 2.40. The van der Waals surface area contributed by atoms with Crippen molar-refractivity contribution in [1.82, 2.24) is 0 Å². The fourth-order valence-electron chi connectivity index (χ4n) is 9.88. The first-order valence-electron chi connectivity index (χ1n) is 20.5. The molecule has 2 nitrogen and oxygen atoms in total. The van der Waals surface area contributed by atoms with Gasteiger partial charge in [0.1, 0.15) is 11.2 Å². The Balaban J connectivity index is 1.30. The van der Waals surface area contributed by atoms with Gasteiger partial charge in [-0.15, -0.1) is 0 Å². The molecule has 6 aromatic carbocycles. The average Bonchev–Trinajstić information content (AvgIpc) is 3.69. The molecule has 0 saturated heterocycles. The number of nitrogens with zero attached hydrogens (tertiary/aromatic N) is 1. The molecule has 0 fully saturated rings. The molecule has 7 aromatic rings. The molecule has 0 radical (unpaired) electrons. The van der Waals surface area contributed by atoms with Crippen LogP contribution in [0.15, 0.2) is 114 Å². The molecule has 284 valence electrons. The van der Waals surface area contributed by atoms with Gasteiger partial charge in [-0.25, -0.2) is 0 Å². The van der Waals surface area contributed by atoms with E-state index in [1.54, 1.807) is 0 Å². The lowest BCUT2D eigenvalue weighted by Gasteiger charge is -2.30. The quantitative estimate of drug-likeness (QED) is 0.180. The zero-order valence-corrected chi connectivity index (χ0v) is 35.7. The summed E-state index contributed by atoms with van der Waals surface area (Å²) >= 11 is 0. The molecule has 0 unspecified atom stereocenters. The summed E-state index contributed by atoms with van der Waals surface area (Å²) in [5, 5.41) is 2.37. The van der Waals surface area contributed by atoms with Crippen molar-refractivity contribution >= 4 is 39.0 Å². The van der Waals surface area contributed by atoms with Crippen molar-refractivity contribution in [3.63, 3.8) is 0 Å².